The third kappa shape index (κ3) is 1.18. The van der Waals surface area contributed by atoms with Crippen molar-refractivity contribution < 1.29 is 4.79 Å². The van der Waals surface area contributed by atoms with Gasteiger partial charge in [-0.1, -0.05) is 6.82 Å². The van der Waals surface area contributed by atoms with Crippen molar-refractivity contribution >= 4 is 20.9 Å². The summed E-state index contributed by atoms with van der Waals surface area (Å²) in [5.41, 5.74) is 0.207. The number of hydrogen-bond acceptors (Lipinski definition) is 2. The first kappa shape index (κ1) is 6.87. The van der Waals surface area contributed by atoms with Gasteiger partial charge in [0, 0.05) is 0 Å². The van der Waals surface area contributed by atoms with Crippen molar-refractivity contribution in [1.82, 2.24) is 5.23 Å². The van der Waals surface area contributed by atoms with Crippen molar-refractivity contribution in [2.75, 3.05) is 0 Å². The Morgan fingerprint density at radius 3 is 2.44 bits per heavy atom. The normalized spacial score (nSPS) is 21.0. The molecule has 0 atom stereocenters. The zero-order valence-corrected chi connectivity index (χ0v) is 6.03. The topological polar surface area (TPSA) is 29.1 Å². The maximum Gasteiger partial charge on any atom is 0.198 e. The van der Waals surface area contributed by atoms with Crippen LogP contribution in [0.3, 0.4) is 0 Å². The van der Waals surface area contributed by atoms with Gasteiger partial charge in [-0.25, -0.2) is 0 Å². The second kappa shape index (κ2) is 2.18. The lowest BCUT2D eigenvalue weighted by Crippen LogP contribution is -2.40. The number of nitrogens with one attached hydrogen (secondary N) is 1. The molecule has 0 aromatic carbocycles. The van der Waals surface area contributed by atoms with Crippen LogP contribution in [0.25, 0.3) is 0 Å². The average Bonchev–Trinajstić information content (AvgIpc) is 2.49. The second-order valence-corrected chi connectivity index (χ2v) is 2.67. The van der Waals surface area contributed by atoms with Crippen LogP contribution in [-0.4, -0.2) is 26.5 Å². The van der Waals surface area contributed by atoms with E-state index >= 15 is 0 Å². The number of hydrogen-bond donors (Lipinski definition) is 1. The highest BCUT2D eigenvalue weighted by atomic mass is 16.1. The number of carbonyl (C=O) groups excluding carboxylic acids is 1. The molecule has 0 saturated heterocycles. The molecular formula is C5H11B2NO. The molecule has 0 amide bonds. The van der Waals surface area contributed by atoms with Gasteiger partial charge in [0.15, 0.2) is 15.3 Å². The molecule has 0 unspecified atom stereocenters. The lowest BCUT2D eigenvalue weighted by atomic mass is 9.87. The largest absolute Gasteiger partial charge is 0.349 e. The van der Waals surface area contributed by atoms with Gasteiger partial charge in [0.25, 0.3) is 0 Å². The molecule has 0 aliphatic heterocycles. The first-order valence-corrected chi connectivity index (χ1v) is 3.47. The highest BCUT2D eigenvalue weighted by Crippen LogP contribution is 2.34. The molecule has 1 saturated carbocycles. The summed E-state index contributed by atoms with van der Waals surface area (Å²) < 4.78 is 0. The van der Waals surface area contributed by atoms with Crippen molar-refractivity contribution in [3.8, 4) is 0 Å². The van der Waals surface area contributed by atoms with Crippen LogP contribution in [0.2, 0.25) is 6.82 Å². The summed E-state index contributed by atoms with van der Waals surface area (Å²) in [6.45, 7) is 2.03. The Bertz CT molecular complexity index is 133. The van der Waals surface area contributed by atoms with Crippen molar-refractivity contribution in [3.63, 3.8) is 0 Å². The Hall–Kier alpha value is -0.240. The predicted molar refractivity (Wildman–Crippen MR) is 41.7 cm³/mol. The van der Waals surface area contributed by atoms with E-state index in [2.05, 4.69) is 5.23 Å². The maximum atomic E-state index is 10.9. The molecule has 1 aliphatic carbocycles. The minimum atomic E-state index is -0.0885. The molecular weight excluding hydrogens is 112 g/mol. The summed E-state index contributed by atoms with van der Waals surface area (Å²) in [5, 5.41) is 3.18. The third-order valence-electron chi connectivity index (χ3n) is 1.94. The minimum absolute atomic E-state index is 0.0885. The van der Waals surface area contributed by atoms with Crippen LogP contribution < -0.4 is 5.23 Å². The van der Waals surface area contributed by atoms with Gasteiger partial charge in [-0.15, -0.1) is 0 Å². The van der Waals surface area contributed by atoms with E-state index < -0.39 is 0 Å². The van der Waals surface area contributed by atoms with Gasteiger partial charge in [0.2, 0.25) is 0 Å². The van der Waals surface area contributed by atoms with E-state index in [4.69, 9.17) is 0 Å². The van der Waals surface area contributed by atoms with E-state index in [1.54, 1.807) is 7.85 Å². The van der Waals surface area contributed by atoms with Crippen LogP contribution in [0.1, 0.15) is 12.8 Å². The third-order valence-corrected chi connectivity index (χ3v) is 1.94. The van der Waals surface area contributed by atoms with E-state index in [-0.39, 0.29) is 5.54 Å². The summed E-state index contributed by atoms with van der Waals surface area (Å²) in [5.74, 6) is 0. The Balaban J connectivity index is 2.43. The molecule has 0 radical (unpaired) electrons. The van der Waals surface area contributed by atoms with Crippen LogP contribution in [0.15, 0.2) is 0 Å². The zero-order valence-electron chi connectivity index (χ0n) is 6.03. The molecule has 1 fully saturated rings. The molecule has 0 aromatic rings. The molecule has 4 heteroatoms. The first-order chi connectivity index (χ1) is 4.21. The molecule has 0 bridgehead atoms. The van der Waals surface area contributed by atoms with Crippen molar-refractivity contribution in [2.24, 2.45) is 0 Å². The van der Waals surface area contributed by atoms with Gasteiger partial charge in [0.05, 0.1) is 5.54 Å². The molecule has 1 rings (SSSR count). The Morgan fingerprint density at radius 1 is 1.78 bits per heavy atom. The second-order valence-electron chi connectivity index (χ2n) is 2.67. The summed E-state index contributed by atoms with van der Waals surface area (Å²) in [4.78, 5) is 10.9. The Kier molecular flexibility index (Phi) is 1.66. The Labute approximate surface area is 57.1 Å². The average molecular weight is 123 g/mol. The van der Waals surface area contributed by atoms with Crippen LogP contribution in [0.4, 0.5) is 0 Å². The van der Waals surface area contributed by atoms with Gasteiger partial charge in [-0.2, -0.15) is 0 Å². The fourth-order valence-electron chi connectivity index (χ4n) is 1.12. The maximum absolute atomic E-state index is 10.9. The van der Waals surface area contributed by atoms with Gasteiger partial charge >= 0.3 is 0 Å². The SMILES string of the molecule is BC(=O)C1(NBC)CC1. The molecule has 48 valence electrons. The molecule has 2 nitrogen and oxygen atoms in total. The quantitative estimate of drug-likeness (QED) is 0.470. The highest BCUT2D eigenvalue weighted by Gasteiger charge is 2.45. The summed E-state index contributed by atoms with van der Waals surface area (Å²) in [6.07, 6.45) is 2.08. The first-order valence-electron chi connectivity index (χ1n) is 3.47. The molecule has 0 aromatic heterocycles. The van der Waals surface area contributed by atoms with Gasteiger partial charge in [0.1, 0.15) is 5.68 Å². The van der Waals surface area contributed by atoms with Gasteiger partial charge in [-0.05, 0) is 12.8 Å². The Morgan fingerprint density at radius 2 is 2.33 bits per heavy atom. The van der Waals surface area contributed by atoms with Crippen molar-refractivity contribution in [3.05, 3.63) is 0 Å². The monoisotopic (exact) mass is 123 g/mol. The van der Waals surface area contributed by atoms with Crippen molar-refractivity contribution in [2.45, 2.75) is 25.2 Å². The smallest absolute Gasteiger partial charge is 0.198 e. The van der Waals surface area contributed by atoms with Gasteiger partial charge < -0.3 is 10.0 Å². The van der Waals surface area contributed by atoms with E-state index in [1.165, 1.54) is 0 Å². The zero-order chi connectivity index (χ0) is 6.91. The summed E-state index contributed by atoms with van der Waals surface area (Å²) >= 11 is 0. The van der Waals surface area contributed by atoms with Crippen molar-refractivity contribution in [1.29, 1.82) is 0 Å². The van der Waals surface area contributed by atoms with Crippen LogP contribution in [-0.2, 0) is 4.79 Å². The summed E-state index contributed by atoms with van der Waals surface area (Å²) in [6, 6.07) is 0. The molecule has 0 heterocycles. The number of rotatable bonds is 3. The lowest BCUT2D eigenvalue weighted by Gasteiger charge is -2.10. The van der Waals surface area contributed by atoms with Gasteiger partial charge in [-0.3, -0.25) is 0 Å². The standard InChI is InChI=1S/C5H11B2NO/c1-7-8-5(2-3-5)4(6)9/h7-8H,2-3,6H2,1H3. The molecule has 9 heavy (non-hydrogen) atoms. The highest BCUT2D eigenvalue weighted by molar-refractivity contribution is 6.61. The lowest BCUT2D eigenvalue weighted by molar-refractivity contribution is -0.114. The van der Waals surface area contributed by atoms with Crippen LogP contribution in [0.5, 0.6) is 0 Å². The van der Waals surface area contributed by atoms with E-state index in [0.717, 1.165) is 20.3 Å². The molecule has 1 N–H and O–H groups in total. The van der Waals surface area contributed by atoms with E-state index in [0.29, 0.717) is 5.68 Å². The van der Waals surface area contributed by atoms with E-state index in [1.807, 2.05) is 6.82 Å². The fourth-order valence-corrected chi connectivity index (χ4v) is 1.12. The van der Waals surface area contributed by atoms with E-state index in [9.17, 15) is 4.79 Å². The molecule has 0 spiro atoms. The van der Waals surface area contributed by atoms with Crippen LogP contribution >= 0.6 is 0 Å². The predicted octanol–water partition coefficient (Wildman–Crippen LogP) is -1.33. The summed E-state index contributed by atoms with van der Waals surface area (Å²) in [7, 11) is 2.56. The van der Waals surface area contributed by atoms with Crippen LogP contribution in [0, 0.1) is 0 Å². The minimum Gasteiger partial charge on any atom is -0.349 e. The number of carbonyl (C=O) groups is 1. The fraction of sp³-hybridized carbons (Fsp3) is 0.800. The molecule has 1 aliphatic rings.